The largest absolute Gasteiger partial charge is 0.481 e. The maximum absolute atomic E-state index is 10.9. The fourth-order valence-corrected chi connectivity index (χ4v) is 1.97. The van der Waals surface area contributed by atoms with Crippen LogP contribution in [-0.2, 0) is 10.3 Å². The van der Waals surface area contributed by atoms with Gasteiger partial charge < -0.3 is 10.4 Å². The lowest BCUT2D eigenvalue weighted by Crippen LogP contribution is -2.41. The zero-order valence-electron chi connectivity index (χ0n) is 10.1. The quantitative estimate of drug-likeness (QED) is 0.802. The van der Waals surface area contributed by atoms with Crippen LogP contribution in [0.5, 0.6) is 0 Å². The number of aliphatic carboxylic acids is 1. The van der Waals surface area contributed by atoms with Crippen LogP contribution in [0, 0.1) is 6.92 Å². The third-order valence-corrected chi connectivity index (χ3v) is 3.14. The van der Waals surface area contributed by atoms with Crippen LogP contribution in [0.1, 0.15) is 30.9 Å². The minimum Gasteiger partial charge on any atom is -0.481 e. The van der Waals surface area contributed by atoms with Gasteiger partial charge in [0.25, 0.3) is 0 Å². The first-order chi connectivity index (χ1) is 7.54. The van der Waals surface area contributed by atoms with Crippen LogP contribution in [0.4, 0.5) is 0 Å². The summed E-state index contributed by atoms with van der Waals surface area (Å²) in [6, 6.07) is 8.02. The van der Waals surface area contributed by atoms with E-state index in [-0.39, 0.29) is 6.42 Å². The van der Waals surface area contributed by atoms with Crippen molar-refractivity contribution < 1.29 is 9.90 Å². The molecule has 88 valence electrons. The summed E-state index contributed by atoms with van der Waals surface area (Å²) in [5.74, 6) is -0.781. The standard InChI is InChI=1S/C13H19NO2/c1-4-13(14-3,9-12(15)16)11-7-5-10(2)6-8-11/h5-8,14H,4,9H2,1-3H3,(H,15,16). The van der Waals surface area contributed by atoms with Gasteiger partial charge in [-0.15, -0.1) is 0 Å². The summed E-state index contributed by atoms with van der Waals surface area (Å²) in [5, 5.41) is 12.1. The van der Waals surface area contributed by atoms with Gasteiger partial charge in [-0.05, 0) is 26.0 Å². The van der Waals surface area contributed by atoms with Crippen molar-refractivity contribution in [2.24, 2.45) is 0 Å². The smallest absolute Gasteiger partial charge is 0.305 e. The Morgan fingerprint density at radius 3 is 2.31 bits per heavy atom. The van der Waals surface area contributed by atoms with Crippen LogP contribution in [-0.4, -0.2) is 18.1 Å². The molecule has 0 radical (unpaired) electrons. The lowest BCUT2D eigenvalue weighted by Gasteiger charge is -2.31. The fourth-order valence-electron chi connectivity index (χ4n) is 1.97. The zero-order valence-corrected chi connectivity index (χ0v) is 10.1. The Hall–Kier alpha value is -1.35. The number of hydrogen-bond acceptors (Lipinski definition) is 2. The number of benzene rings is 1. The Bertz CT molecular complexity index is 353. The molecule has 3 nitrogen and oxygen atoms in total. The summed E-state index contributed by atoms with van der Waals surface area (Å²) in [5.41, 5.74) is 1.75. The second kappa shape index (κ2) is 5.12. The van der Waals surface area contributed by atoms with Gasteiger partial charge in [0.15, 0.2) is 0 Å². The van der Waals surface area contributed by atoms with Crippen LogP contribution >= 0.6 is 0 Å². The van der Waals surface area contributed by atoms with Gasteiger partial charge in [-0.3, -0.25) is 4.79 Å². The van der Waals surface area contributed by atoms with Gasteiger partial charge >= 0.3 is 5.97 Å². The molecule has 2 N–H and O–H groups in total. The van der Waals surface area contributed by atoms with Crippen molar-refractivity contribution in [2.45, 2.75) is 32.2 Å². The van der Waals surface area contributed by atoms with Gasteiger partial charge in [0.1, 0.15) is 0 Å². The van der Waals surface area contributed by atoms with Crippen LogP contribution < -0.4 is 5.32 Å². The minimum atomic E-state index is -0.781. The highest BCUT2D eigenvalue weighted by atomic mass is 16.4. The molecule has 1 aromatic carbocycles. The number of nitrogens with one attached hydrogen (secondary N) is 1. The van der Waals surface area contributed by atoms with E-state index in [9.17, 15) is 4.79 Å². The zero-order chi connectivity index (χ0) is 12.2. The van der Waals surface area contributed by atoms with Crippen molar-refractivity contribution in [1.82, 2.24) is 5.32 Å². The first kappa shape index (κ1) is 12.7. The topological polar surface area (TPSA) is 49.3 Å². The van der Waals surface area contributed by atoms with E-state index < -0.39 is 11.5 Å². The van der Waals surface area contributed by atoms with Crippen LogP contribution in [0.3, 0.4) is 0 Å². The molecule has 0 aliphatic rings. The van der Waals surface area contributed by atoms with E-state index in [1.807, 2.05) is 45.2 Å². The number of hydrogen-bond donors (Lipinski definition) is 2. The van der Waals surface area contributed by atoms with Gasteiger partial charge in [0.05, 0.1) is 12.0 Å². The summed E-state index contributed by atoms with van der Waals surface area (Å²) < 4.78 is 0. The molecule has 0 aliphatic heterocycles. The van der Waals surface area contributed by atoms with Gasteiger partial charge in [-0.25, -0.2) is 0 Å². The second-order valence-corrected chi connectivity index (χ2v) is 4.12. The van der Waals surface area contributed by atoms with Gasteiger partial charge in [0.2, 0.25) is 0 Å². The molecule has 1 unspecified atom stereocenters. The highest BCUT2D eigenvalue weighted by Gasteiger charge is 2.30. The lowest BCUT2D eigenvalue weighted by molar-refractivity contribution is -0.138. The number of rotatable bonds is 5. The number of carboxylic acid groups (broad SMARTS) is 1. The van der Waals surface area contributed by atoms with Crippen molar-refractivity contribution in [1.29, 1.82) is 0 Å². The molecular formula is C13H19NO2. The summed E-state index contributed by atoms with van der Waals surface area (Å²) >= 11 is 0. The Morgan fingerprint density at radius 2 is 1.94 bits per heavy atom. The number of carbonyl (C=O) groups is 1. The number of carboxylic acids is 1. The molecule has 1 aromatic rings. The van der Waals surface area contributed by atoms with E-state index in [2.05, 4.69) is 5.32 Å². The van der Waals surface area contributed by atoms with Crippen LogP contribution in [0.25, 0.3) is 0 Å². The molecule has 1 atom stereocenters. The summed E-state index contributed by atoms with van der Waals surface area (Å²) in [4.78, 5) is 10.9. The fraction of sp³-hybridized carbons (Fsp3) is 0.462. The van der Waals surface area contributed by atoms with Gasteiger partial charge in [-0.2, -0.15) is 0 Å². The predicted molar refractivity (Wildman–Crippen MR) is 64.5 cm³/mol. The second-order valence-electron chi connectivity index (χ2n) is 4.12. The molecule has 0 fully saturated rings. The molecule has 0 spiro atoms. The molecule has 0 heterocycles. The van der Waals surface area contributed by atoms with Crippen molar-refractivity contribution >= 4 is 5.97 Å². The van der Waals surface area contributed by atoms with E-state index in [0.717, 1.165) is 12.0 Å². The van der Waals surface area contributed by atoms with Crippen molar-refractivity contribution in [3.8, 4) is 0 Å². The van der Waals surface area contributed by atoms with E-state index in [1.165, 1.54) is 5.56 Å². The molecule has 0 aromatic heterocycles. The molecule has 3 heteroatoms. The first-order valence-corrected chi connectivity index (χ1v) is 5.52. The normalized spacial score (nSPS) is 14.4. The molecule has 0 saturated heterocycles. The number of aryl methyl sites for hydroxylation is 1. The Morgan fingerprint density at radius 1 is 1.38 bits per heavy atom. The van der Waals surface area contributed by atoms with Crippen molar-refractivity contribution in [2.75, 3.05) is 7.05 Å². The molecule has 0 aliphatic carbocycles. The third kappa shape index (κ3) is 2.61. The lowest BCUT2D eigenvalue weighted by atomic mass is 9.84. The Labute approximate surface area is 96.5 Å². The monoisotopic (exact) mass is 221 g/mol. The first-order valence-electron chi connectivity index (χ1n) is 5.52. The highest BCUT2D eigenvalue weighted by molar-refractivity contribution is 5.69. The minimum absolute atomic E-state index is 0.100. The van der Waals surface area contributed by atoms with Crippen LogP contribution in [0.15, 0.2) is 24.3 Å². The highest BCUT2D eigenvalue weighted by Crippen LogP contribution is 2.28. The third-order valence-electron chi connectivity index (χ3n) is 3.14. The van der Waals surface area contributed by atoms with Crippen molar-refractivity contribution in [3.63, 3.8) is 0 Å². The molecule has 0 bridgehead atoms. The summed E-state index contributed by atoms with van der Waals surface area (Å²) in [6.45, 7) is 4.02. The van der Waals surface area contributed by atoms with E-state index in [1.54, 1.807) is 0 Å². The molecular weight excluding hydrogens is 202 g/mol. The molecule has 0 saturated carbocycles. The van der Waals surface area contributed by atoms with E-state index in [4.69, 9.17) is 5.11 Å². The van der Waals surface area contributed by atoms with Gasteiger partial charge in [0, 0.05) is 0 Å². The van der Waals surface area contributed by atoms with Crippen LogP contribution in [0.2, 0.25) is 0 Å². The SMILES string of the molecule is CCC(CC(=O)O)(NC)c1ccc(C)cc1. The molecule has 16 heavy (non-hydrogen) atoms. The molecule has 0 amide bonds. The summed E-state index contributed by atoms with van der Waals surface area (Å²) in [7, 11) is 1.81. The van der Waals surface area contributed by atoms with E-state index in [0.29, 0.717) is 0 Å². The maximum Gasteiger partial charge on any atom is 0.305 e. The summed E-state index contributed by atoms with van der Waals surface area (Å²) in [6.07, 6.45) is 0.849. The predicted octanol–water partition coefficient (Wildman–Crippen LogP) is 2.29. The van der Waals surface area contributed by atoms with Crippen molar-refractivity contribution in [3.05, 3.63) is 35.4 Å². The molecule has 1 rings (SSSR count). The Kier molecular flexibility index (Phi) is 4.07. The van der Waals surface area contributed by atoms with Gasteiger partial charge in [-0.1, -0.05) is 36.8 Å². The Balaban J connectivity index is 3.09. The maximum atomic E-state index is 10.9. The average molecular weight is 221 g/mol. The average Bonchev–Trinajstić information content (AvgIpc) is 2.27. The van der Waals surface area contributed by atoms with E-state index >= 15 is 0 Å².